The third-order valence-electron chi connectivity index (χ3n) is 6.56. The molecule has 1 N–H and O–H groups in total. The van der Waals surface area contributed by atoms with Gasteiger partial charge in [-0.3, -0.25) is 9.59 Å². The SMILES string of the molecule is CCOc1ccc(C(O)=C2C(=O)C(=O)N(C[C@@H]3CCCO3)[C@H]2c2cccc(Oc3ccccc3)c2)cc1. The van der Waals surface area contributed by atoms with Crippen molar-refractivity contribution < 1.29 is 28.9 Å². The van der Waals surface area contributed by atoms with E-state index in [9.17, 15) is 14.7 Å². The zero-order valence-electron chi connectivity index (χ0n) is 20.6. The number of aliphatic hydroxyl groups is 1. The topological polar surface area (TPSA) is 85.3 Å². The maximum atomic E-state index is 13.3. The number of carbonyl (C=O) groups excluding carboxylic acids is 2. The van der Waals surface area contributed by atoms with E-state index in [1.807, 2.05) is 55.5 Å². The van der Waals surface area contributed by atoms with Crippen molar-refractivity contribution in [2.24, 2.45) is 0 Å². The van der Waals surface area contributed by atoms with Gasteiger partial charge in [-0.25, -0.2) is 0 Å². The highest BCUT2D eigenvalue weighted by Crippen LogP contribution is 2.41. The number of nitrogens with zero attached hydrogens (tertiary/aromatic N) is 1. The van der Waals surface area contributed by atoms with Crippen LogP contribution in [-0.4, -0.2) is 47.6 Å². The van der Waals surface area contributed by atoms with E-state index >= 15 is 0 Å². The van der Waals surface area contributed by atoms with Gasteiger partial charge in [0.05, 0.1) is 24.3 Å². The molecule has 2 saturated heterocycles. The van der Waals surface area contributed by atoms with Crippen LogP contribution in [0.25, 0.3) is 5.76 Å². The molecule has 7 nitrogen and oxygen atoms in total. The number of ketones is 1. The van der Waals surface area contributed by atoms with Crippen molar-refractivity contribution >= 4 is 17.4 Å². The number of hydrogen-bond donors (Lipinski definition) is 1. The van der Waals surface area contributed by atoms with Crippen molar-refractivity contribution in [3.63, 3.8) is 0 Å². The summed E-state index contributed by atoms with van der Waals surface area (Å²) in [5.74, 6) is 0.289. The number of Topliss-reactive ketones (excluding diaryl/α,β-unsaturated/α-hetero) is 1. The van der Waals surface area contributed by atoms with Crippen LogP contribution in [0.1, 0.15) is 36.9 Å². The van der Waals surface area contributed by atoms with E-state index < -0.39 is 17.7 Å². The molecule has 0 bridgehead atoms. The maximum Gasteiger partial charge on any atom is 0.295 e. The summed E-state index contributed by atoms with van der Waals surface area (Å²) in [6.45, 7) is 3.30. The van der Waals surface area contributed by atoms with Crippen LogP contribution in [-0.2, 0) is 14.3 Å². The summed E-state index contributed by atoms with van der Waals surface area (Å²) < 4.78 is 17.3. The number of likely N-dealkylation sites (tertiary alicyclic amines) is 1. The second-order valence-corrected chi connectivity index (χ2v) is 9.03. The smallest absolute Gasteiger partial charge is 0.295 e. The fourth-order valence-electron chi connectivity index (χ4n) is 4.83. The Hall–Kier alpha value is -4.10. The van der Waals surface area contributed by atoms with E-state index in [-0.39, 0.29) is 24.0 Å². The van der Waals surface area contributed by atoms with Crippen LogP contribution in [0.3, 0.4) is 0 Å². The summed E-state index contributed by atoms with van der Waals surface area (Å²) in [5.41, 5.74) is 1.14. The summed E-state index contributed by atoms with van der Waals surface area (Å²) in [4.78, 5) is 28.1. The van der Waals surface area contributed by atoms with Crippen LogP contribution < -0.4 is 9.47 Å². The van der Waals surface area contributed by atoms with Gasteiger partial charge < -0.3 is 24.2 Å². The van der Waals surface area contributed by atoms with Crippen LogP contribution in [0.2, 0.25) is 0 Å². The molecule has 3 aromatic carbocycles. The van der Waals surface area contributed by atoms with E-state index in [2.05, 4.69) is 0 Å². The average molecular weight is 500 g/mol. The van der Waals surface area contributed by atoms with Gasteiger partial charge in [-0.15, -0.1) is 0 Å². The van der Waals surface area contributed by atoms with Crippen molar-refractivity contribution in [3.05, 3.63) is 95.6 Å². The maximum absolute atomic E-state index is 13.3. The van der Waals surface area contributed by atoms with Gasteiger partial charge in [0.1, 0.15) is 23.0 Å². The van der Waals surface area contributed by atoms with Gasteiger partial charge in [0.15, 0.2) is 0 Å². The van der Waals surface area contributed by atoms with Crippen LogP contribution >= 0.6 is 0 Å². The number of ether oxygens (including phenoxy) is 3. The Morgan fingerprint density at radius 2 is 1.73 bits per heavy atom. The summed E-state index contributed by atoms with van der Waals surface area (Å²) in [7, 11) is 0. The second-order valence-electron chi connectivity index (χ2n) is 9.03. The highest BCUT2D eigenvalue weighted by molar-refractivity contribution is 6.46. The van der Waals surface area contributed by atoms with Gasteiger partial charge in [-0.2, -0.15) is 0 Å². The summed E-state index contributed by atoms with van der Waals surface area (Å²) >= 11 is 0. The lowest BCUT2D eigenvalue weighted by Crippen LogP contribution is -2.36. The lowest BCUT2D eigenvalue weighted by atomic mass is 9.95. The van der Waals surface area contributed by atoms with Crippen molar-refractivity contribution in [2.75, 3.05) is 19.8 Å². The first-order chi connectivity index (χ1) is 18.0. The Morgan fingerprint density at radius 3 is 2.43 bits per heavy atom. The normalized spacial score (nSPS) is 20.8. The first kappa shape index (κ1) is 24.6. The Kier molecular flexibility index (Phi) is 7.23. The van der Waals surface area contributed by atoms with Crippen LogP contribution in [0, 0.1) is 0 Å². The number of rotatable bonds is 8. The largest absolute Gasteiger partial charge is 0.507 e. The van der Waals surface area contributed by atoms with E-state index in [4.69, 9.17) is 14.2 Å². The van der Waals surface area contributed by atoms with Crippen LogP contribution in [0.15, 0.2) is 84.4 Å². The number of hydrogen-bond acceptors (Lipinski definition) is 6. The molecule has 2 fully saturated rings. The summed E-state index contributed by atoms with van der Waals surface area (Å²) in [5, 5.41) is 11.3. The number of benzene rings is 3. The lowest BCUT2D eigenvalue weighted by molar-refractivity contribution is -0.140. The number of carbonyl (C=O) groups is 2. The summed E-state index contributed by atoms with van der Waals surface area (Å²) in [6, 6.07) is 22.7. The predicted octanol–water partition coefficient (Wildman–Crippen LogP) is 5.48. The van der Waals surface area contributed by atoms with Gasteiger partial charge in [0.25, 0.3) is 11.7 Å². The van der Waals surface area contributed by atoms with Gasteiger partial charge in [0.2, 0.25) is 0 Å². The van der Waals surface area contributed by atoms with Crippen LogP contribution in [0.4, 0.5) is 0 Å². The van der Waals surface area contributed by atoms with Crippen molar-refractivity contribution in [3.8, 4) is 17.2 Å². The monoisotopic (exact) mass is 499 g/mol. The van der Waals surface area contributed by atoms with Gasteiger partial charge in [-0.1, -0.05) is 30.3 Å². The Balaban J connectivity index is 1.56. The van der Waals surface area contributed by atoms with Gasteiger partial charge >= 0.3 is 0 Å². The molecule has 2 atom stereocenters. The zero-order chi connectivity index (χ0) is 25.8. The standard InChI is InChI=1S/C30H29NO6/c1-2-35-22-15-13-20(14-16-22)28(32)26-27(31(30(34)29(26)33)19-25-12-7-17-36-25)21-8-6-11-24(18-21)37-23-9-4-3-5-10-23/h3-6,8-11,13-16,18,25,27,32H,2,7,12,17,19H2,1H3/t25-,27-/m0/s1. The van der Waals surface area contributed by atoms with E-state index in [1.54, 1.807) is 30.3 Å². The molecule has 37 heavy (non-hydrogen) atoms. The van der Waals surface area contributed by atoms with Crippen LogP contribution in [0.5, 0.6) is 17.2 Å². The lowest BCUT2D eigenvalue weighted by Gasteiger charge is -2.27. The molecule has 190 valence electrons. The Morgan fingerprint density at radius 1 is 0.973 bits per heavy atom. The third-order valence-corrected chi connectivity index (χ3v) is 6.56. The van der Waals surface area contributed by atoms with Crippen molar-refractivity contribution in [1.29, 1.82) is 0 Å². The Labute approximate surface area is 215 Å². The minimum atomic E-state index is -0.782. The average Bonchev–Trinajstić information content (AvgIpc) is 3.52. The minimum absolute atomic E-state index is 0.0454. The predicted molar refractivity (Wildman–Crippen MR) is 139 cm³/mol. The van der Waals surface area contributed by atoms with E-state index in [0.29, 0.717) is 41.6 Å². The molecule has 1 amide bonds. The first-order valence-corrected chi connectivity index (χ1v) is 12.5. The zero-order valence-corrected chi connectivity index (χ0v) is 20.6. The molecule has 3 aromatic rings. The molecule has 2 heterocycles. The second kappa shape index (κ2) is 10.9. The molecule has 0 saturated carbocycles. The number of para-hydroxylation sites is 1. The minimum Gasteiger partial charge on any atom is -0.507 e. The van der Waals surface area contributed by atoms with E-state index in [0.717, 1.165) is 12.8 Å². The highest BCUT2D eigenvalue weighted by Gasteiger charge is 2.47. The number of amides is 1. The van der Waals surface area contributed by atoms with Gasteiger partial charge in [0, 0.05) is 18.7 Å². The molecule has 2 aliphatic heterocycles. The molecular formula is C30H29NO6. The quantitative estimate of drug-likeness (QED) is 0.251. The molecule has 2 aliphatic rings. The molecule has 0 unspecified atom stereocenters. The molecule has 7 heteroatoms. The molecule has 0 aliphatic carbocycles. The van der Waals surface area contributed by atoms with Crippen molar-refractivity contribution in [2.45, 2.75) is 31.9 Å². The fourth-order valence-corrected chi connectivity index (χ4v) is 4.83. The molecule has 0 aromatic heterocycles. The third kappa shape index (κ3) is 5.22. The fraction of sp³-hybridized carbons (Fsp3) is 0.267. The molecule has 0 radical (unpaired) electrons. The van der Waals surface area contributed by atoms with E-state index in [1.165, 1.54) is 4.90 Å². The summed E-state index contributed by atoms with van der Waals surface area (Å²) in [6.07, 6.45) is 1.56. The number of aliphatic hydroxyl groups excluding tert-OH is 1. The molecular weight excluding hydrogens is 470 g/mol. The molecule has 5 rings (SSSR count). The Bertz CT molecular complexity index is 1300. The molecule has 0 spiro atoms. The van der Waals surface area contributed by atoms with Gasteiger partial charge in [-0.05, 0) is 73.9 Å². The van der Waals surface area contributed by atoms with Crippen molar-refractivity contribution in [1.82, 2.24) is 4.90 Å². The first-order valence-electron chi connectivity index (χ1n) is 12.5. The highest BCUT2D eigenvalue weighted by atomic mass is 16.5.